The Morgan fingerprint density at radius 2 is 1.94 bits per heavy atom. The zero-order valence-electron chi connectivity index (χ0n) is 9.66. The van der Waals surface area contributed by atoms with E-state index in [2.05, 4.69) is 5.32 Å². The third kappa shape index (κ3) is 2.14. The molecule has 0 saturated heterocycles. The van der Waals surface area contributed by atoms with E-state index in [1.54, 1.807) is 20.8 Å². The number of primary amides is 1. The fourth-order valence-corrected chi connectivity index (χ4v) is 1.83. The van der Waals surface area contributed by atoms with Crippen LogP contribution in [0.15, 0.2) is 23.3 Å². The van der Waals surface area contributed by atoms with Crippen molar-refractivity contribution in [2.24, 2.45) is 5.73 Å². The molecule has 88 valence electrons. The van der Waals surface area contributed by atoms with Crippen LogP contribution >= 0.6 is 0 Å². The van der Waals surface area contributed by atoms with Gasteiger partial charge in [-0.25, -0.2) is 4.79 Å². The second-order valence-corrected chi connectivity index (χ2v) is 3.66. The number of rotatable bonds is 3. The van der Waals surface area contributed by atoms with Gasteiger partial charge in [-0.05, 0) is 44.1 Å². The van der Waals surface area contributed by atoms with Crippen LogP contribution < -0.4 is 11.1 Å². The summed E-state index contributed by atoms with van der Waals surface area (Å²) >= 11 is 0. The predicted octanol–water partition coefficient (Wildman–Crippen LogP) is 0.863. The number of carbonyl (C=O) groups is 2. The zero-order chi connectivity index (χ0) is 12.3. The van der Waals surface area contributed by atoms with Gasteiger partial charge in [0.25, 0.3) is 0 Å². The van der Waals surface area contributed by atoms with Gasteiger partial charge in [-0.2, -0.15) is 0 Å². The highest BCUT2D eigenvalue weighted by molar-refractivity contribution is 6.02. The third-order valence-electron chi connectivity index (χ3n) is 2.49. The summed E-state index contributed by atoms with van der Waals surface area (Å²) < 4.78 is 5.55. The summed E-state index contributed by atoms with van der Waals surface area (Å²) in [5.74, 6) is -0.114. The Hall–Kier alpha value is -1.62. The maximum atomic E-state index is 11.3. The van der Waals surface area contributed by atoms with Crippen LogP contribution in [0, 0.1) is 0 Å². The van der Waals surface area contributed by atoms with E-state index >= 15 is 0 Å². The molecule has 0 heterocycles. The molecule has 0 aliphatic heterocycles. The van der Waals surface area contributed by atoms with Crippen LogP contribution in [0.2, 0.25) is 0 Å². The first-order chi connectivity index (χ1) is 7.42. The summed E-state index contributed by atoms with van der Waals surface area (Å²) in [7, 11) is 0. The Morgan fingerprint density at radius 3 is 2.31 bits per heavy atom. The molecule has 1 aliphatic carbocycles. The number of allylic oxidation sites excluding steroid dienone is 2. The van der Waals surface area contributed by atoms with Crippen molar-refractivity contribution in [3.05, 3.63) is 23.3 Å². The SMILES string of the molecule is CCOC1(NC(N)=O)C(C)=CC(=O)C=C1C. The average molecular weight is 224 g/mol. The fraction of sp³-hybridized carbons (Fsp3) is 0.455. The van der Waals surface area contributed by atoms with Crippen molar-refractivity contribution < 1.29 is 14.3 Å². The van der Waals surface area contributed by atoms with Gasteiger partial charge in [0.15, 0.2) is 11.5 Å². The minimum atomic E-state index is -1.07. The van der Waals surface area contributed by atoms with Gasteiger partial charge in [-0.15, -0.1) is 0 Å². The quantitative estimate of drug-likeness (QED) is 0.698. The van der Waals surface area contributed by atoms with E-state index in [0.29, 0.717) is 17.8 Å². The highest BCUT2D eigenvalue weighted by Crippen LogP contribution is 2.30. The van der Waals surface area contributed by atoms with Crippen LogP contribution in [0.25, 0.3) is 0 Å². The van der Waals surface area contributed by atoms with Crippen molar-refractivity contribution in [2.75, 3.05) is 6.61 Å². The number of hydrogen-bond donors (Lipinski definition) is 2. The Balaban J connectivity index is 3.17. The second-order valence-electron chi connectivity index (χ2n) is 3.66. The molecular formula is C11H16N2O3. The van der Waals surface area contributed by atoms with Crippen molar-refractivity contribution in [3.8, 4) is 0 Å². The third-order valence-corrected chi connectivity index (χ3v) is 2.49. The lowest BCUT2D eigenvalue weighted by molar-refractivity contribution is -0.111. The van der Waals surface area contributed by atoms with Crippen molar-refractivity contribution in [1.29, 1.82) is 0 Å². The Morgan fingerprint density at radius 1 is 1.44 bits per heavy atom. The molecular weight excluding hydrogens is 208 g/mol. The molecule has 16 heavy (non-hydrogen) atoms. The van der Waals surface area contributed by atoms with E-state index in [1.807, 2.05) is 0 Å². The van der Waals surface area contributed by atoms with Gasteiger partial charge in [-0.1, -0.05) is 0 Å². The number of ether oxygens (including phenoxy) is 1. The molecule has 0 aromatic heterocycles. The van der Waals surface area contributed by atoms with Gasteiger partial charge in [0.1, 0.15) is 0 Å². The fourth-order valence-electron chi connectivity index (χ4n) is 1.83. The van der Waals surface area contributed by atoms with Crippen LogP contribution in [0.5, 0.6) is 0 Å². The lowest BCUT2D eigenvalue weighted by Crippen LogP contribution is -2.55. The number of nitrogens with one attached hydrogen (secondary N) is 1. The topological polar surface area (TPSA) is 81.4 Å². The Kier molecular flexibility index (Phi) is 3.49. The number of ketones is 1. The minimum Gasteiger partial charge on any atom is -0.352 e. The largest absolute Gasteiger partial charge is 0.352 e. The van der Waals surface area contributed by atoms with Gasteiger partial charge in [0.2, 0.25) is 0 Å². The molecule has 5 nitrogen and oxygen atoms in total. The molecule has 0 radical (unpaired) electrons. The number of amides is 2. The molecule has 0 aromatic rings. The van der Waals surface area contributed by atoms with Crippen LogP contribution in [0.4, 0.5) is 4.79 Å². The normalized spacial score (nSPS) is 18.8. The first-order valence-corrected chi connectivity index (χ1v) is 5.05. The van der Waals surface area contributed by atoms with Crippen molar-refractivity contribution in [3.63, 3.8) is 0 Å². The van der Waals surface area contributed by atoms with E-state index < -0.39 is 11.8 Å². The Labute approximate surface area is 94.3 Å². The molecule has 0 atom stereocenters. The highest BCUT2D eigenvalue weighted by atomic mass is 16.5. The molecule has 3 N–H and O–H groups in total. The smallest absolute Gasteiger partial charge is 0.314 e. The first-order valence-electron chi connectivity index (χ1n) is 5.05. The van der Waals surface area contributed by atoms with E-state index in [1.165, 1.54) is 12.2 Å². The molecule has 2 amide bonds. The number of urea groups is 1. The highest BCUT2D eigenvalue weighted by Gasteiger charge is 2.38. The minimum absolute atomic E-state index is 0.114. The number of carbonyl (C=O) groups excluding carboxylic acids is 2. The second kappa shape index (κ2) is 4.49. The lowest BCUT2D eigenvalue weighted by Gasteiger charge is -2.37. The van der Waals surface area contributed by atoms with E-state index in [-0.39, 0.29) is 5.78 Å². The predicted molar refractivity (Wildman–Crippen MR) is 59.6 cm³/mol. The molecule has 0 saturated carbocycles. The van der Waals surface area contributed by atoms with E-state index in [9.17, 15) is 9.59 Å². The molecule has 5 heteroatoms. The summed E-state index contributed by atoms with van der Waals surface area (Å²) in [6.45, 7) is 5.65. The van der Waals surface area contributed by atoms with Gasteiger partial charge < -0.3 is 15.8 Å². The molecule has 0 bridgehead atoms. The first kappa shape index (κ1) is 12.4. The monoisotopic (exact) mass is 224 g/mol. The number of hydrogen-bond acceptors (Lipinski definition) is 3. The van der Waals surface area contributed by atoms with Crippen LogP contribution in [-0.4, -0.2) is 24.1 Å². The standard InChI is InChI=1S/C11H16N2O3/c1-4-16-11(13-10(12)15)7(2)5-9(14)6-8(11)3/h5-6H,4H2,1-3H3,(H3,12,13,15). The molecule has 0 aromatic carbocycles. The van der Waals surface area contributed by atoms with E-state index in [4.69, 9.17) is 10.5 Å². The summed E-state index contributed by atoms with van der Waals surface area (Å²) in [6.07, 6.45) is 2.86. The maximum Gasteiger partial charge on any atom is 0.314 e. The summed E-state index contributed by atoms with van der Waals surface area (Å²) in [4.78, 5) is 22.3. The van der Waals surface area contributed by atoms with Crippen LogP contribution in [0.3, 0.4) is 0 Å². The van der Waals surface area contributed by atoms with Crippen molar-refractivity contribution in [2.45, 2.75) is 26.5 Å². The molecule has 0 fully saturated rings. The zero-order valence-corrected chi connectivity index (χ0v) is 9.66. The molecule has 1 aliphatic rings. The van der Waals surface area contributed by atoms with Crippen LogP contribution in [-0.2, 0) is 9.53 Å². The summed E-state index contributed by atoms with van der Waals surface area (Å²) in [5.41, 5.74) is 5.30. The molecule has 0 unspecified atom stereocenters. The lowest BCUT2D eigenvalue weighted by atomic mass is 9.89. The Bertz CT molecular complexity index is 361. The summed E-state index contributed by atoms with van der Waals surface area (Å²) in [5, 5.41) is 2.54. The van der Waals surface area contributed by atoms with Crippen molar-refractivity contribution in [1.82, 2.24) is 5.32 Å². The summed E-state index contributed by atoms with van der Waals surface area (Å²) in [6, 6.07) is -0.691. The molecule has 1 rings (SSSR count). The average Bonchev–Trinajstić information content (AvgIpc) is 2.13. The van der Waals surface area contributed by atoms with Gasteiger partial charge >= 0.3 is 6.03 Å². The maximum absolute atomic E-state index is 11.3. The van der Waals surface area contributed by atoms with E-state index in [0.717, 1.165) is 0 Å². The van der Waals surface area contributed by atoms with Crippen molar-refractivity contribution >= 4 is 11.8 Å². The number of nitrogens with two attached hydrogens (primary N) is 1. The van der Waals surface area contributed by atoms with Crippen LogP contribution in [0.1, 0.15) is 20.8 Å². The molecule has 0 spiro atoms. The van der Waals surface area contributed by atoms with Gasteiger partial charge in [-0.3, -0.25) is 4.79 Å². The van der Waals surface area contributed by atoms with Gasteiger partial charge in [0.05, 0.1) is 0 Å². The van der Waals surface area contributed by atoms with Gasteiger partial charge in [0, 0.05) is 6.61 Å².